The first-order valence-electron chi connectivity index (χ1n) is 8.23. The van der Waals surface area contributed by atoms with Crippen LogP contribution in [0.25, 0.3) is 0 Å². The molecule has 2 amide bonds. The van der Waals surface area contributed by atoms with Gasteiger partial charge in [-0.2, -0.15) is 23.3 Å². The summed E-state index contributed by atoms with van der Waals surface area (Å²) >= 11 is 0. The van der Waals surface area contributed by atoms with E-state index in [1.54, 1.807) is 7.05 Å². The van der Waals surface area contributed by atoms with E-state index in [4.69, 9.17) is 4.55 Å². The lowest BCUT2D eigenvalue weighted by Gasteiger charge is -2.29. The van der Waals surface area contributed by atoms with Gasteiger partial charge < -0.3 is 5.32 Å². The fraction of sp³-hybridized carbons (Fsp3) is 0.615. The highest BCUT2D eigenvalue weighted by atomic mass is 32.3. The number of nitrogens with zero attached hydrogens (tertiary/aromatic N) is 2. The van der Waals surface area contributed by atoms with Gasteiger partial charge in [-0.25, -0.2) is 0 Å². The second-order valence-corrected chi connectivity index (χ2v) is 7.32. The van der Waals surface area contributed by atoms with Crippen LogP contribution in [0.3, 0.4) is 0 Å². The number of aromatic nitrogens is 2. The molecule has 2 aliphatic heterocycles. The molecular formula is C13H21N7O6S. The van der Waals surface area contributed by atoms with Gasteiger partial charge in [-0.05, 0) is 13.0 Å². The van der Waals surface area contributed by atoms with Gasteiger partial charge in [0.2, 0.25) is 5.91 Å². The van der Waals surface area contributed by atoms with Crippen molar-refractivity contribution in [1.82, 2.24) is 36.7 Å². The van der Waals surface area contributed by atoms with Crippen LogP contribution in [0.5, 0.6) is 0 Å². The van der Waals surface area contributed by atoms with Crippen molar-refractivity contribution in [3.05, 3.63) is 17.5 Å². The third kappa shape index (κ3) is 4.60. The molecule has 2 aliphatic rings. The molecule has 150 valence electrons. The molecule has 27 heavy (non-hydrogen) atoms. The smallest absolute Gasteiger partial charge is 0.316 e. The van der Waals surface area contributed by atoms with Crippen molar-refractivity contribution in [3.8, 4) is 0 Å². The number of nitrogens with one attached hydrogen (secondary N) is 5. The van der Waals surface area contributed by atoms with Crippen LogP contribution in [0.4, 0.5) is 0 Å². The van der Waals surface area contributed by atoms with Gasteiger partial charge >= 0.3 is 10.4 Å². The maximum Gasteiger partial charge on any atom is 0.413 e. The SMILES string of the molecule is Cn1ncc2c1[C@@H](C(=O)NNC(=O)C1CCNC1)NC[C@@H]2NOS(=O)(=O)O. The normalized spacial score (nSPS) is 25.0. The summed E-state index contributed by atoms with van der Waals surface area (Å²) in [5, 5.41) is 10.1. The molecule has 0 bridgehead atoms. The van der Waals surface area contributed by atoms with Crippen LogP contribution in [0.15, 0.2) is 6.20 Å². The third-order valence-electron chi connectivity index (χ3n) is 4.49. The summed E-state index contributed by atoms with van der Waals surface area (Å²) in [6.45, 7) is 1.44. The van der Waals surface area contributed by atoms with Crippen molar-refractivity contribution in [2.75, 3.05) is 19.6 Å². The first kappa shape index (κ1) is 19.7. The number of amides is 2. The minimum absolute atomic E-state index is 0.118. The van der Waals surface area contributed by atoms with E-state index >= 15 is 0 Å². The van der Waals surface area contributed by atoms with Gasteiger partial charge in [0.15, 0.2) is 0 Å². The van der Waals surface area contributed by atoms with Crippen LogP contribution in [-0.4, -0.2) is 54.2 Å². The number of aryl methyl sites for hydroxylation is 1. The Bertz CT molecular complexity index is 819. The first-order chi connectivity index (χ1) is 12.8. The highest BCUT2D eigenvalue weighted by Crippen LogP contribution is 2.28. The number of fused-ring (bicyclic) bond motifs is 1. The molecule has 1 saturated heterocycles. The summed E-state index contributed by atoms with van der Waals surface area (Å²) in [6, 6.07) is -1.49. The molecule has 6 N–H and O–H groups in total. The van der Waals surface area contributed by atoms with E-state index in [1.165, 1.54) is 10.9 Å². The van der Waals surface area contributed by atoms with E-state index in [9.17, 15) is 18.0 Å². The van der Waals surface area contributed by atoms with E-state index in [-0.39, 0.29) is 18.4 Å². The largest absolute Gasteiger partial charge is 0.413 e. The summed E-state index contributed by atoms with van der Waals surface area (Å²) in [6.07, 6.45) is 2.17. The lowest BCUT2D eigenvalue weighted by molar-refractivity contribution is -0.132. The van der Waals surface area contributed by atoms with Crippen molar-refractivity contribution in [3.63, 3.8) is 0 Å². The molecule has 14 heteroatoms. The lowest BCUT2D eigenvalue weighted by Crippen LogP contribution is -2.52. The number of carbonyl (C=O) groups is 2. The molecular weight excluding hydrogens is 382 g/mol. The maximum absolute atomic E-state index is 12.5. The molecule has 1 aromatic heterocycles. The Morgan fingerprint density at radius 2 is 2.07 bits per heavy atom. The monoisotopic (exact) mass is 403 g/mol. The summed E-state index contributed by atoms with van der Waals surface area (Å²) in [5.41, 5.74) is 8.02. The topological polar surface area (TPSA) is 176 Å². The molecule has 1 aromatic rings. The van der Waals surface area contributed by atoms with E-state index in [2.05, 4.69) is 36.3 Å². The standard InChI is InChI=1S/C13H21N7O6S/c1-20-11-8(5-16-20)9(19-26-27(23,24)25)6-15-10(11)13(22)18-17-12(21)7-2-3-14-4-7/h5,7,9-10,14-15,19H,2-4,6H2,1H3,(H,17,21)(H,18,22)(H,23,24,25)/t7?,9-,10-/m0/s1. The Morgan fingerprint density at radius 1 is 1.33 bits per heavy atom. The second kappa shape index (κ2) is 7.87. The zero-order valence-corrected chi connectivity index (χ0v) is 15.2. The lowest BCUT2D eigenvalue weighted by atomic mass is 9.98. The van der Waals surface area contributed by atoms with Crippen LogP contribution in [0, 0.1) is 5.92 Å². The quantitative estimate of drug-likeness (QED) is 0.222. The molecule has 3 atom stereocenters. The fourth-order valence-electron chi connectivity index (χ4n) is 3.15. The highest BCUT2D eigenvalue weighted by Gasteiger charge is 2.35. The van der Waals surface area contributed by atoms with Crippen molar-refractivity contribution in [1.29, 1.82) is 0 Å². The average Bonchev–Trinajstić information content (AvgIpc) is 3.27. The van der Waals surface area contributed by atoms with Crippen molar-refractivity contribution in [2.45, 2.75) is 18.5 Å². The van der Waals surface area contributed by atoms with Gasteiger partial charge in [0.1, 0.15) is 6.04 Å². The van der Waals surface area contributed by atoms with Crippen LogP contribution in [0.2, 0.25) is 0 Å². The number of rotatable bonds is 5. The number of carbonyl (C=O) groups excluding carboxylic acids is 2. The molecule has 0 aromatic carbocycles. The summed E-state index contributed by atoms with van der Waals surface area (Å²) < 4.78 is 35.8. The minimum atomic E-state index is -4.67. The second-order valence-electron chi connectivity index (χ2n) is 6.30. The molecule has 3 heterocycles. The van der Waals surface area contributed by atoms with E-state index in [1.807, 2.05) is 0 Å². The maximum atomic E-state index is 12.5. The molecule has 1 unspecified atom stereocenters. The summed E-state index contributed by atoms with van der Waals surface area (Å²) in [7, 11) is -3.05. The van der Waals surface area contributed by atoms with Crippen LogP contribution < -0.4 is 27.0 Å². The Morgan fingerprint density at radius 3 is 2.74 bits per heavy atom. The molecule has 0 spiro atoms. The summed E-state index contributed by atoms with van der Waals surface area (Å²) in [4.78, 5) is 24.5. The van der Waals surface area contributed by atoms with Gasteiger partial charge in [-0.3, -0.25) is 35.0 Å². The van der Waals surface area contributed by atoms with Gasteiger partial charge in [0.05, 0.1) is 23.9 Å². The van der Waals surface area contributed by atoms with Gasteiger partial charge in [0, 0.05) is 25.7 Å². The van der Waals surface area contributed by atoms with Gasteiger partial charge in [-0.1, -0.05) is 0 Å². The molecule has 1 fully saturated rings. The van der Waals surface area contributed by atoms with E-state index in [0.717, 1.165) is 6.54 Å². The number of hydrogen-bond acceptors (Lipinski definition) is 9. The Labute approximate surface area is 155 Å². The van der Waals surface area contributed by atoms with Crippen LogP contribution in [-0.2, 0) is 31.3 Å². The molecule has 0 radical (unpaired) electrons. The van der Waals surface area contributed by atoms with Crippen molar-refractivity contribution in [2.24, 2.45) is 13.0 Å². The number of hydrazine groups is 1. The predicted molar refractivity (Wildman–Crippen MR) is 89.7 cm³/mol. The fourth-order valence-corrected chi connectivity index (χ4v) is 3.38. The molecule has 0 saturated carbocycles. The first-order valence-corrected chi connectivity index (χ1v) is 9.60. The molecule has 0 aliphatic carbocycles. The highest BCUT2D eigenvalue weighted by molar-refractivity contribution is 7.80. The van der Waals surface area contributed by atoms with Crippen LogP contribution in [0.1, 0.15) is 29.8 Å². The van der Waals surface area contributed by atoms with E-state index < -0.39 is 28.4 Å². The minimum Gasteiger partial charge on any atom is -0.316 e. The van der Waals surface area contributed by atoms with E-state index in [0.29, 0.717) is 24.2 Å². The Balaban J connectivity index is 1.66. The predicted octanol–water partition coefficient (Wildman–Crippen LogP) is -2.81. The number of hydrogen-bond donors (Lipinski definition) is 6. The Hall–Kier alpha value is -2.10. The zero-order valence-electron chi connectivity index (χ0n) is 14.4. The van der Waals surface area contributed by atoms with Crippen molar-refractivity contribution < 1.29 is 26.8 Å². The number of hydroxylamine groups is 1. The van der Waals surface area contributed by atoms with Gasteiger partial charge in [-0.15, -0.1) is 0 Å². The molecule has 3 rings (SSSR count). The summed E-state index contributed by atoms with van der Waals surface area (Å²) in [5.74, 6) is -0.952. The average molecular weight is 403 g/mol. The Kier molecular flexibility index (Phi) is 5.73. The molecule has 13 nitrogen and oxygen atoms in total. The zero-order chi connectivity index (χ0) is 19.6. The van der Waals surface area contributed by atoms with Gasteiger partial charge in [0.25, 0.3) is 5.91 Å². The third-order valence-corrected chi connectivity index (χ3v) is 4.79. The van der Waals surface area contributed by atoms with Crippen LogP contribution >= 0.6 is 0 Å². The van der Waals surface area contributed by atoms with Crippen molar-refractivity contribution >= 4 is 22.2 Å².